The molecule has 0 bridgehead atoms. The summed E-state index contributed by atoms with van der Waals surface area (Å²) in [7, 11) is 1.79. The zero-order valence-electron chi connectivity index (χ0n) is 9.57. The summed E-state index contributed by atoms with van der Waals surface area (Å²) in [4.78, 5) is 13.0. The Bertz CT molecular complexity index is 337. The normalized spacial score (nSPS) is 9.94. The lowest BCUT2D eigenvalue weighted by Crippen LogP contribution is -2.26. The summed E-state index contributed by atoms with van der Waals surface area (Å²) >= 11 is 3.15. The minimum absolute atomic E-state index is 0.0777. The lowest BCUT2D eigenvalue weighted by Gasteiger charge is -2.16. The second kappa shape index (κ2) is 6.53. The molecule has 4 heteroatoms. The van der Waals surface area contributed by atoms with Crippen LogP contribution in [0.3, 0.4) is 0 Å². The fraction of sp³-hybridized carbons (Fsp3) is 0.417. The summed E-state index contributed by atoms with van der Waals surface area (Å²) in [5.74, 6) is 0.939. The van der Waals surface area contributed by atoms with Gasteiger partial charge in [0.25, 0.3) is 0 Å². The van der Waals surface area contributed by atoms with Crippen LogP contribution in [0.1, 0.15) is 12.5 Å². The summed E-state index contributed by atoms with van der Waals surface area (Å²) < 4.78 is 5.35. The molecule has 0 heterocycles. The monoisotopic (exact) mass is 285 g/mol. The number of rotatable bonds is 5. The molecule has 0 aliphatic carbocycles. The molecule has 0 spiro atoms. The summed E-state index contributed by atoms with van der Waals surface area (Å²) in [6.07, 6.45) is 0. The van der Waals surface area contributed by atoms with Crippen molar-refractivity contribution in [3.63, 3.8) is 0 Å². The third kappa shape index (κ3) is 3.85. The second-order valence-electron chi connectivity index (χ2n) is 3.46. The maximum atomic E-state index is 11.3. The van der Waals surface area contributed by atoms with Gasteiger partial charge in [0, 0.05) is 13.6 Å². The van der Waals surface area contributed by atoms with Crippen LogP contribution >= 0.6 is 15.9 Å². The van der Waals surface area contributed by atoms with Crippen molar-refractivity contribution >= 4 is 21.8 Å². The Labute approximate surface area is 105 Å². The van der Waals surface area contributed by atoms with Crippen molar-refractivity contribution in [3.8, 4) is 5.75 Å². The Morgan fingerprint density at radius 3 is 2.50 bits per heavy atom. The first kappa shape index (κ1) is 13.0. The first-order valence-electron chi connectivity index (χ1n) is 5.19. The molecule has 0 saturated heterocycles. The van der Waals surface area contributed by atoms with E-state index in [1.165, 1.54) is 0 Å². The third-order valence-corrected chi connectivity index (χ3v) is 2.67. The van der Waals surface area contributed by atoms with Crippen molar-refractivity contribution < 1.29 is 9.53 Å². The second-order valence-corrected chi connectivity index (χ2v) is 4.02. The fourth-order valence-electron chi connectivity index (χ4n) is 1.32. The standard InChI is InChI=1S/C12H16BrNO2/c1-3-16-11-6-4-10(5-7-11)9-14(2)12(15)8-13/h4-7H,3,8-9H2,1-2H3. The zero-order valence-corrected chi connectivity index (χ0v) is 11.2. The molecule has 3 nitrogen and oxygen atoms in total. The van der Waals surface area contributed by atoms with Crippen molar-refractivity contribution in [2.24, 2.45) is 0 Å². The molecule has 0 aromatic heterocycles. The number of carbonyl (C=O) groups excluding carboxylic acids is 1. The summed E-state index contributed by atoms with van der Waals surface area (Å²) in [6.45, 7) is 3.24. The average molecular weight is 286 g/mol. The van der Waals surface area contributed by atoms with E-state index < -0.39 is 0 Å². The number of hydrogen-bond donors (Lipinski definition) is 0. The van der Waals surface area contributed by atoms with E-state index >= 15 is 0 Å². The molecule has 1 amide bonds. The van der Waals surface area contributed by atoms with Crippen LogP contribution in [0, 0.1) is 0 Å². The number of amides is 1. The van der Waals surface area contributed by atoms with E-state index in [-0.39, 0.29) is 5.91 Å². The number of hydrogen-bond acceptors (Lipinski definition) is 2. The molecular formula is C12H16BrNO2. The van der Waals surface area contributed by atoms with Crippen molar-refractivity contribution in [1.82, 2.24) is 4.90 Å². The fourth-order valence-corrected chi connectivity index (χ4v) is 1.75. The van der Waals surface area contributed by atoms with E-state index in [1.54, 1.807) is 11.9 Å². The Balaban J connectivity index is 2.58. The predicted octanol–water partition coefficient (Wildman–Crippen LogP) is 2.44. The van der Waals surface area contributed by atoms with Crippen LogP contribution in [-0.2, 0) is 11.3 Å². The highest BCUT2D eigenvalue weighted by Crippen LogP contribution is 2.13. The van der Waals surface area contributed by atoms with Gasteiger partial charge in [-0.3, -0.25) is 4.79 Å². The van der Waals surface area contributed by atoms with Gasteiger partial charge < -0.3 is 9.64 Å². The quantitative estimate of drug-likeness (QED) is 0.778. The Morgan fingerprint density at radius 2 is 2.00 bits per heavy atom. The SMILES string of the molecule is CCOc1ccc(CN(C)C(=O)CBr)cc1. The molecular weight excluding hydrogens is 270 g/mol. The summed E-state index contributed by atoms with van der Waals surface area (Å²) in [5, 5.41) is 0.362. The van der Waals surface area contributed by atoms with Gasteiger partial charge in [-0.2, -0.15) is 0 Å². The predicted molar refractivity (Wildman–Crippen MR) is 67.9 cm³/mol. The zero-order chi connectivity index (χ0) is 12.0. The van der Waals surface area contributed by atoms with Crippen molar-refractivity contribution in [1.29, 1.82) is 0 Å². The van der Waals surface area contributed by atoms with Gasteiger partial charge in [-0.25, -0.2) is 0 Å². The van der Waals surface area contributed by atoms with Crippen LogP contribution in [-0.4, -0.2) is 29.8 Å². The van der Waals surface area contributed by atoms with E-state index in [0.29, 0.717) is 18.5 Å². The molecule has 1 aromatic rings. The van der Waals surface area contributed by atoms with Gasteiger partial charge in [-0.05, 0) is 24.6 Å². The highest BCUT2D eigenvalue weighted by molar-refractivity contribution is 9.09. The molecule has 0 saturated carbocycles. The Kier molecular flexibility index (Phi) is 5.32. The first-order valence-corrected chi connectivity index (χ1v) is 6.31. The number of nitrogens with zero attached hydrogens (tertiary/aromatic N) is 1. The lowest BCUT2D eigenvalue weighted by atomic mass is 10.2. The van der Waals surface area contributed by atoms with Crippen LogP contribution in [0.5, 0.6) is 5.75 Å². The molecule has 1 rings (SSSR count). The van der Waals surface area contributed by atoms with Crippen LogP contribution in [0.2, 0.25) is 0 Å². The third-order valence-electron chi connectivity index (χ3n) is 2.19. The average Bonchev–Trinajstić information content (AvgIpc) is 2.31. The molecule has 0 radical (unpaired) electrons. The van der Waals surface area contributed by atoms with Crippen LogP contribution in [0.4, 0.5) is 0 Å². The number of halogens is 1. The molecule has 1 aromatic carbocycles. The maximum Gasteiger partial charge on any atom is 0.233 e. The van der Waals surface area contributed by atoms with Crippen LogP contribution in [0.15, 0.2) is 24.3 Å². The van der Waals surface area contributed by atoms with Gasteiger partial charge in [0.1, 0.15) is 5.75 Å². The van der Waals surface area contributed by atoms with Gasteiger partial charge in [0.2, 0.25) is 5.91 Å². The smallest absolute Gasteiger partial charge is 0.233 e. The topological polar surface area (TPSA) is 29.5 Å². The number of ether oxygens (including phenoxy) is 1. The number of benzene rings is 1. The van der Waals surface area contributed by atoms with Crippen molar-refractivity contribution in [2.75, 3.05) is 19.0 Å². The molecule has 0 aliphatic rings. The van der Waals surface area contributed by atoms with E-state index in [2.05, 4.69) is 15.9 Å². The maximum absolute atomic E-state index is 11.3. The van der Waals surface area contributed by atoms with Crippen LogP contribution < -0.4 is 4.74 Å². The Hall–Kier alpha value is -1.03. The largest absolute Gasteiger partial charge is 0.494 e. The van der Waals surface area contributed by atoms with E-state index in [0.717, 1.165) is 11.3 Å². The van der Waals surface area contributed by atoms with Gasteiger partial charge in [0.15, 0.2) is 0 Å². The number of alkyl halides is 1. The summed E-state index contributed by atoms with van der Waals surface area (Å²) in [5.41, 5.74) is 1.10. The minimum atomic E-state index is 0.0777. The van der Waals surface area contributed by atoms with Gasteiger partial charge in [-0.15, -0.1) is 0 Å². The van der Waals surface area contributed by atoms with Crippen LogP contribution in [0.25, 0.3) is 0 Å². The molecule has 88 valence electrons. The molecule has 0 unspecified atom stereocenters. The van der Waals surface area contributed by atoms with E-state index in [4.69, 9.17) is 4.74 Å². The molecule has 0 N–H and O–H groups in total. The van der Waals surface area contributed by atoms with Gasteiger partial charge in [-0.1, -0.05) is 28.1 Å². The summed E-state index contributed by atoms with van der Waals surface area (Å²) in [6, 6.07) is 7.79. The molecule has 0 atom stereocenters. The minimum Gasteiger partial charge on any atom is -0.494 e. The molecule has 16 heavy (non-hydrogen) atoms. The van der Waals surface area contributed by atoms with Gasteiger partial charge >= 0.3 is 0 Å². The highest BCUT2D eigenvalue weighted by Gasteiger charge is 2.06. The lowest BCUT2D eigenvalue weighted by molar-refractivity contribution is -0.127. The van der Waals surface area contributed by atoms with E-state index in [9.17, 15) is 4.79 Å². The highest BCUT2D eigenvalue weighted by atomic mass is 79.9. The van der Waals surface area contributed by atoms with Gasteiger partial charge in [0.05, 0.1) is 11.9 Å². The molecule has 0 aliphatic heterocycles. The first-order chi connectivity index (χ1) is 7.67. The van der Waals surface area contributed by atoms with Crippen molar-refractivity contribution in [3.05, 3.63) is 29.8 Å². The van der Waals surface area contributed by atoms with Crippen molar-refractivity contribution in [2.45, 2.75) is 13.5 Å². The Morgan fingerprint density at radius 1 is 1.38 bits per heavy atom. The van der Waals surface area contributed by atoms with E-state index in [1.807, 2.05) is 31.2 Å². The number of carbonyl (C=O) groups is 1. The molecule has 0 fully saturated rings.